The lowest BCUT2D eigenvalue weighted by molar-refractivity contribution is -0.384. The van der Waals surface area contributed by atoms with Crippen LogP contribution in [0, 0.1) is 17.0 Å². The maximum atomic E-state index is 12.8. The Hall–Kier alpha value is -2.63. The van der Waals surface area contributed by atoms with Crippen LogP contribution < -0.4 is 4.90 Å². The van der Waals surface area contributed by atoms with Gasteiger partial charge in [-0.15, -0.1) is 0 Å². The van der Waals surface area contributed by atoms with Crippen LogP contribution in [-0.4, -0.2) is 52.1 Å². The van der Waals surface area contributed by atoms with Crippen molar-refractivity contribution in [2.75, 3.05) is 31.1 Å². The van der Waals surface area contributed by atoms with Crippen LogP contribution in [0.15, 0.2) is 22.7 Å². The van der Waals surface area contributed by atoms with Crippen molar-refractivity contribution in [1.82, 2.24) is 15.1 Å². The number of aryl methyl sites for hydroxylation is 1. The van der Waals surface area contributed by atoms with Gasteiger partial charge in [0, 0.05) is 37.9 Å². The summed E-state index contributed by atoms with van der Waals surface area (Å²) in [6.45, 7) is 2.78. The van der Waals surface area contributed by atoms with Crippen LogP contribution in [-0.2, 0) is 6.18 Å². The number of carbonyl (C=O) groups is 1. The molecule has 1 aromatic heterocycles. The lowest BCUT2D eigenvalue weighted by Gasteiger charge is -2.35. The summed E-state index contributed by atoms with van der Waals surface area (Å²) in [5, 5.41) is 17.9. The van der Waals surface area contributed by atoms with Gasteiger partial charge in [-0.05, 0) is 35.0 Å². The number of benzene rings is 1. The molecule has 2 heterocycles. The Balaban J connectivity index is 1.77. The molecule has 1 N–H and O–H groups in total. The monoisotopic (exact) mass is 461 g/mol. The Bertz CT molecular complexity index is 923. The fourth-order valence-electron chi connectivity index (χ4n) is 2.97. The zero-order valence-corrected chi connectivity index (χ0v) is 16.2. The third kappa shape index (κ3) is 3.81. The van der Waals surface area contributed by atoms with E-state index in [0.717, 1.165) is 12.1 Å². The van der Waals surface area contributed by atoms with Crippen LogP contribution in [0.2, 0.25) is 0 Å². The van der Waals surface area contributed by atoms with Crippen molar-refractivity contribution < 1.29 is 22.9 Å². The van der Waals surface area contributed by atoms with Crippen LogP contribution in [0.1, 0.15) is 21.7 Å². The van der Waals surface area contributed by atoms with E-state index in [1.807, 2.05) is 0 Å². The predicted octanol–water partition coefficient (Wildman–Crippen LogP) is 3.37. The molecule has 0 bridgehead atoms. The minimum absolute atomic E-state index is 0.0990. The molecule has 1 aliphatic rings. The quantitative estimate of drug-likeness (QED) is 0.558. The molecule has 8 nitrogen and oxygen atoms in total. The van der Waals surface area contributed by atoms with Gasteiger partial charge in [-0.1, -0.05) is 0 Å². The topological polar surface area (TPSA) is 95.4 Å². The first-order chi connectivity index (χ1) is 13.1. The molecule has 0 unspecified atom stereocenters. The normalized spacial score (nSPS) is 15.0. The molecule has 0 aliphatic carbocycles. The number of nitrogens with zero attached hydrogens (tertiary/aromatic N) is 4. The zero-order chi connectivity index (χ0) is 20.6. The average molecular weight is 462 g/mol. The van der Waals surface area contributed by atoms with Crippen LogP contribution in [0.5, 0.6) is 0 Å². The number of alkyl halides is 3. The lowest BCUT2D eigenvalue weighted by atomic mass is 10.1. The number of nitro benzene ring substituents is 1. The first-order valence-electron chi connectivity index (χ1n) is 8.20. The van der Waals surface area contributed by atoms with E-state index in [-0.39, 0.29) is 43.5 Å². The van der Waals surface area contributed by atoms with Crippen molar-refractivity contribution >= 4 is 33.2 Å². The van der Waals surface area contributed by atoms with Crippen molar-refractivity contribution in [2.24, 2.45) is 0 Å². The summed E-state index contributed by atoms with van der Waals surface area (Å²) in [5.41, 5.74) is -0.633. The van der Waals surface area contributed by atoms with Gasteiger partial charge in [-0.3, -0.25) is 20.0 Å². The molecule has 0 saturated carbocycles. The smallest absolute Gasteiger partial charge is 0.362 e. The zero-order valence-electron chi connectivity index (χ0n) is 14.6. The second-order valence-electron chi connectivity index (χ2n) is 6.25. The van der Waals surface area contributed by atoms with Gasteiger partial charge in [0.05, 0.1) is 15.0 Å². The Kier molecular flexibility index (Phi) is 5.33. The minimum Gasteiger partial charge on any atom is -0.362 e. The number of H-pyrrole nitrogens is 1. The van der Waals surface area contributed by atoms with Crippen molar-refractivity contribution in [3.05, 3.63) is 49.7 Å². The summed E-state index contributed by atoms with van der Waals surface area (Å²) in [6, 6.07) is 2.46. The maximum absolute atomic E-state index is 12.8. The summed E-state index contributed by atoms with van der Waals surface area (Å²) in [6.07, 6.45) is -4.66. The van der Waals surface area contributed by atoms with Crippen LogP contribution >= 0.6 is 15.9 Å². The summed E-state index contributed by atoms with van der Waals surface area (Å²) in [4.78, 5) is 26.2. The third-order valence-corrected chi connectivity index (χ3v) is 5.45. The number of piperazine rings is 1. The molecule has 0 atom stereocenters. The second-order valence-corrected chi connectivity index (χ2v) is 7.04. The Labute approximate surface area is 165 Å². The van der Waals surface area contributed by atoms with E-state index in [1.54, 1.807) is 16.7 Å². The number of aromatic amines is 1. The summed E-state index contributed by atoms with van der Waals surface area (Å²) in [7, 11) is 0. The van der Waals surface area contributed by atoms with Gasteiger partial charge in [0.1, 0.15) is 5.69 Å². The fraction of sp³-hybridized carbons (Fsp3) is 0.375. The number of amides is 1. The molecule has 12 heteroatoms. The van der Waals surface area contributed by atoms with E-state index in [1.165, 1.54) is 0 Å². The molecular formula is C16H15BrF3N5O3. The van der Waals surface area contributed by atoms with E-state index >= 15 is 0 Å². The van der Waals surface area contributed by atoms with Crippen LogP contribution in [0.4, 0.5) is 24.5 Å². The summed E-state index contributed by atoms with van der Waals surface area (Å²) < 4.78 is 39.1. The number of carbonyl (C=O) groups excluding carboxylic acids is 1. The predicted molar refractivity (Wildman–Crippen MR) is 97.2 cm³/mol. The first-order valence-corrected chi connectivity index (χ1v) is 8.99. The standard InChI is InChI=1S/C16H15BrF3N5O3/c1-9-13(17)14(22-21-9)15(26)24-6-4-23(5-7-24)11-3-2-10(16(18,19)20)8-12(11)25(27)28/h2-3,8H,4-7H2,1H3,(H,21,22). The molecule has 3 rings (SSSR count). The number of aromatic nitrogens is 2. The molecule has 1 aromatic carbocycles. The summed E-state index contributed by atoms with van der Waals surface area (Å²) in [5.74, 6) is -0.294. The molecule has 0 radical (unpaired) electrons. The molecule has 1 aliphatic heterocycles. The van der Waals surface area contributed by atoms with E-state index in [0.29, 0.717) is 16.2 Å². The van der Waals surface area contributed by atoms with Crippen LogP contribution in [0.3, 0.4) is 0 Å². The minimum atomic E-state index is -4.66. The highest BCUT2D eigenvalue weighted by atomic mass is 79.9. The number of hydrogen-bond donors (Lipinski definition) is 1. The van der Waals surface area contributed by atoms with Gasteiger partial charge in [-0.25, -0.2) is 0 Å². The van der Waals surface area contributed by atoms with Crippen molar-refractivity contribution in [3.8, 4) is 0 Å². The van der Waals surface area contributed by atoms with Gasteiger partial charge in [0.2, 0.25) is 0 Å². The van der Waals surface area contributed by atoms with Gasteiger partial charge < -0.3 is 9.80 Å². The molecule has 1 saturated heterocycles. The number of halogens is 4. The van der Waals surface area contributed by atoms with Crippen molar-refractivity contribution in [2.45, 2.75) is 13.1 Å². The van der Waals surface area contributed by atoms with E-state index in [2.05, 4.69) is 26.1 Å². The number of nitrogens with one attached hydrogen (secondary N) is 1. The van der Waals surface area contributed by atoms with Gasteiger partial charge in [0.15, 0.2) is 5.69 Å². The molecule has 28 heavy (non-hydrogen) atoms. The van der Waals surface area contributed by atoms with Gasteiger partial charge in [-0.2, -0.15) is 18.3 Å². The number of rotatable bonds is 3. The Morgan fingerprint density at radius 3 is 2.43 bits per heavy atom. The van der Waals surface area contributed by atoms with E-state index in [4.69, 9.17) is 0 Å². The SMILES string of the molecule is Cc1[nH]nc(C(=O)N2CCN(c3ccc(C(F)(F)F)cc3[N+](=O)[O-])CC2)c1Br. The van der Waals surface area contributed by atoms with Gasteiger partial charge >= 0.3 is 6.18 Å². The molecule has 1 amide bonds. The number of hydrogen-bond acceptors (Lipinski definition) is 5. The Morgan fingerprint density at radius 1 is 1.29 bits per heavy atom. The highest BCUT2D eigenvalue weighted by Gasteiger charge is 2.34. The van der Waals surface area contributed by atoms with Crippen LogP contribution in [0.25, 0.3) is 0 Å². The summed E-state index contributed by atoms with van der Waals surface area (Å²) >= 11 is 3.30. The van der Waals surface area contributed by atoms with Gasteiger partial charge in [0.25, 0.3) is 11.6 Å². The highest BCUT2D eigenvalue weighted by Crippen LogP contribution is 2.36. The molecule has 150 valence electrons. The van der Waals surface area contributed by atoms with Crippen molar-refractivity contribution in [1.29, 1.82) is 0 Å². The molecule has 1 fully saturated rings. The average Bonchev–Trinajstić information content (AvgIpc) is 2.99. The Morgan fingerprint density at radius 2 is 1.93 bits per heavy atom. The first kappa shape index (κ1) is 20.1. The van der Waals surface area contributed by atoms with Crippen molar-refractivity contribution in [3.63, 3.8) is 0 Å². The third-order valence-electron chi connectivity index (χ3n) is 4.48. The maximum Gasteiger partial charge on any atom is 0.416 e. The second kappa shape index (κ2) is 7.41. The van der Waals surface area contributed by atoms with E-state index < -0.39 is 22.4 Å². The lowest BCUT2D eigenvalue weighted by Crippen LogP contribution is -2.49. The largest absolute Gasteiger partial charge is 0.416 e. The molecule has 2 aromatic rings. The number of anilines is 1. The fourth-order valence-corrected chi connectivity index (χ4v) is 3.32. The van der Waals surface area contributed by atoms with E-state index in [9.17, 15) is 28.1 Å². The molecular weight excluding hydrogens is 447 g/mol. The number of nitro groups is 1. The highest BCUT2D eigenvalue weighted by molar-refractivity contribution is 9.10. The molecule has 0 spiro atoms.